The van der Waals surface area contributed by atoms with E-state index in [1.54, 1.807) is 44.6 Å². The number of aromatic hydroxyl groups is 1. The van der Waals surface area contributed by atoms with Crippen molar-refractivity contribution in [2.24, 2.45) is 0 Å². The fourth-order valence-corrected chi connectivity index (χ4v) is 16.4. The van der Waals surface area contributed by atoms with Crippen LogP contribution in [0.25, 0.3) is 77.5 Å². The summed E-state index contributed by atoms with van der Waals surface area (Å²) in [6.07, 6.45) is 7.86. The number of phenolic OH excluding ortho intramolecular Hbond substituents is 1. The molecular formula is C96H103BBr2Cl5N19O9. The van der Waals surface area contributed by atoms with Crippen LogP contribution in [0.2, 0.25) is 20.1 Å². The standard InChI is InChI=1S/C27H28ClN5O2.C26H26ClN5O2.C15H13ClN4O.C12H16BrNO.C8H7BrN4.C7H8BClO3.CH4.ClH/c1-18-15-19(23-17-22(34-2)9-10-24(23)28)16-25-26(18)30-27(32-31-25)29-20-5-7-21(8-6-20)35-14-13-33-11-3-4-12-33;1-17-14-18(22-16-20(33)6-9-23(22)27)15-24-25(17)29-26(31-30-24)28-19-4-7-21(8-5-19)34-13-12-32-10-2-3-11-32;1-8-5-9(6-13-14(8)18-15(17)20-19-13)11-7-10(21-2)3-4-12(11)16;13-11-3-5-12(6-4-11)15-10-9-14-7-1-2-8-14;1-4-2-5(9)3-6-7(4)11-8(10)13-12-6;1-12-5-2-3-7(9)6(4-5)8(10)11;;/h5-10,15-17H,3-4,11-14H2,1-2H3,(H,29,30,32);4-9,14-16,33H,2-3,10-13H2,1H3,(H,28,29,31);3-7H,1-2H3,(H2,17,18,20);3-6H,1-2,7-10H2;2-3H,1H3,(H2,10,11,13);2-4,10-11H,1H3;1H4;1H. The normalized spacial score (nSPS) is 12.8. The highest BCUT2D eigenvalue weighted by Gasteiger charge is 2.20. The Morgan fingerprint density at radius 1 is 0.371 bits per heavy atom. The molecule has 3 saturated heterocycles. The van der Waals surface area contributed by atoms with Gasteiger partial charge >= 0.3 is 7.12 Å². The number of nitrogen functional groups attached to an aromatic ring is 2. The van der Waals surface area contributed by atoms with Crippen molar-refractivity contribution in [3.8, 4) is 73.6 Å². The zero-order chi connectivity index (χ0) is 91.7. The number of phenols is 1. The zero-order valence-electron chi connectivity index (χ0n) is 73.1. The molecule has 0 aliphatic carbocycles. The molecule has 3 aliphatic heterocycles. The first-order chi connectivity index (χ1) is 62.9. The number of nitrogens with two attached hydrogens (primary N) is 2. The van der Waals surface area contributed by atoms with Gasteiger partial charge in [0.1, 0.15) is 82.1 Å². The average Bonchev–Trinajstić information content (AvgIpc) is 0.949. The summed E-state index contributed by atoms with van der Waals surface area (Å²) in [6, 6.07) is 59.8. The number of nitrogens with one attached hydrogen (secondary N) is 2. The fourth-order valence-electron chi connectivity index (χ4n) is 14.6. The first kappa shape index (κ1) is 101. The fraction of sp³-hybridized carbons (Fsp3) is 0.271. The van der Waals surface area contributed by atoms with Crippen LogP contribution < -0.4 is 56.0 Å². The molecule has 15 aromatic rings. The van der Waals surface area contributed by atoms with Gasteiger partial charge in [-0.15, -0.1) is 53.2 Å². The van der Waals surface area contributed by atoms with Crippen molar-refractivity contribution in [1.82, 2.24) is 75.4 Å². The van der Waals surface area contributed by atoms with Crippen molar-refractivity contribution in [1.29, 1.82) is 0 Å². The van der Waals surface area contributed by atoms with Crippen molar-refractivity contribution in [2.75, 3.05) is 122 Å². The highest BCUT2D eigenvalue weighted by atomic mass is 79.9. The second kappa shape index (κ2) is 49.3. The summed E-state index contributed by atoms with van der Waals surface area (Å²) in [6.45, 7) is 20.3. The van der Waals surface area contributed by atoms with Crippen LogP contribution in [0.3, 0.4) is 0 Å². The third-order valence-electron chi connectivity index (χ3n) is 21.4. The van der Waals surface area contributed by atoms with Gasteiger partial charge in [0.25, 0.3) is 0 Å². The number of likely N-dealkylation sites (tertiary alicyclic amines) is 3. The average molecular weight is 2010 g/mol. The van der Waals surface area contributed by atoms with Crippen molar-refractivity contribution < 1.29 is 43.6 Å². The molecule has 4 aromatic heterocycles. The molecule has 0 spiro atoms. The molecule has 0 amide bonds. The van der Waals surface area contributed by atoms with Gasteiger partial charge in [-0.05, 0) is 339 Å². The molecule has 0 atom stereocenters. The number of nitrogens with zero attached hydrogens (tertiary/aromatic N) is 15. The van der Waals surface area contributed by atoms with E-state index in [2.05, 4.69) is 119 Å². The molecule has 132 heavy (non-hydrogen) atoms. The zero-order valence-corrected chi connectivity index (χ0v) is 80.1. The molecule has 11 aromatic carbocycles. The lowest BCUT2D eigenvalue weighted by Crippen LogP contribution is -2.30. The number of anilines is 6. The smallest absolute Gasteiger partial charge is 0.490 e. The molecule has 28 nitrogen and oxygen atoms in total. The summed E-state index contributed by atoms with van der Waals surface area (Å²) in [5.74, 6) is 6.07. The van der Waals surface area contributed by atoms with Crippen molar-refractivity contribution in [3.63, 3.8) is 0 Å². The Labute approximate surface area is 810 Å². The van der Waals surface area contributed by atoms with Gasteiger partial charge in [0.05, 0.1) is 43.4 Å². The predicted octanol–water partition coefficient (Wildman–Crippen LogP) is 20.4. The lowest BCUT2D eigenvalue weighted by Gasteiger charge is -2.15. The number of benzene rings is 11. The van der Waals surface area contributed by atoms with E-state index in [-0.39, 0.29) is 42.9 Å². The van der Waals surface area contributed by atoms with Crippen LogP contribution in [0.4, 0.5) is 35.2 Å². The highest BCUT2D eigenvalue weighted by Crippen LogP contribution is 2.38. The molecule has 0 saturated carbocycles. The van der Waals surface area contributed by atoms with E-state index in [4.69, 9.17) is 101 Å². The van der Waals surface area contributed by atoms with Crippen LogP contribution in [0, 0.1) is 27.7 Å². The van der Waals surface area contributed by atoms with Crippen molar-refractivity contribution in [2.45, 2.75) is 73.6 Å². The molecule has 36 heteroatoms. The van der Waals surface area contributed by atoms with Crippen molar-refractivity contribution in [3.05, 3.63) is 245 Å². The number of fused-ring (bicyclic) bond motifs is 4. The summed E-state index contributed by atoms with van der Waals surface area (Å²) in [5.41, 5.74) is 28.0. The maximum Gasteiger partial charge on any atom is 0.490 e. The topological polar surface area (TPSA) is 357 Å². The largest absolute Gasteiger partial charge is 0.508 e. The number of methoxy groups -OCH3 is 3. The number of aromatic nitrogens is 12. The van der Waals surface area contributed by atoms with Gasteiger partial charge in [-0.3, -0.25) is 14.7 Å². The third-order valence-corrected chi connectivity index (χ3v) is 23.7. The van der Waals surface area contributed by atoms with E-state index in [1.165, 1.54) is 91.0 Å². The summed E-state index contributed by atoms with van der Waals surface area (Å²) >= 11 is 31.5. The predicted molar refractivity (Wildman–Crippen MR) is 540 cm³/mol. The molecule has 0 bridgehead atoms. The van der Waals surface area contributed by atoms with E-state index in [1.807, 2.05) is 179 Å². The number of ether oxygens (including phenoxy) is 6. The Bertz CT molecular complexity index is 6370. The van der Waals surface area contributed by atoms with Crippen molar-refractivity contribution >= 4 is 183 Å². The van der Waals surface area contributed by atoms with Gasteiger partial charge in [-0.25, -0.2) is 19.9 Å². The molecule has 3 fully saturated rings. The number of aryl methyl sites for hydroxylation is 4. The molecule has 3 aliphatic rings. The second-order valence-electron chi connectivity index (χ2n) is 30.7. The number of hydrogen-bond acceptors (Lipinski definition) is 28. The molecule has 688 valence electrons. The molecule has 9 N–H and O–H groups in total. The second-order valence-corrected chi connectivity index (χ2v) is 34.2. The molecule has 0 radical (unpaired) electrons. The quantitative estimate of drug-likeness (QED) is 0.0292. The van der Waals surface area contributed by atoms with Crippen LogP contribution in [-0.2, 0) is 0 Å². The van der Waals surface area contributed by atoms with E-state index >= 15 is 0 Å². The first-order valence-electron chi connectivity index (χ1n) is 42.1. The summed E-state index contributed by atoms with van der Waals surface area (Å²) < 4.78 is 35.0. The minimum Gasteiger partial charge on any atom is -0.508 e. The van der Waals surface area contributed by atoms with Gasteiger partial charge in [0, 0.05) is 82.2 Å². The number of rotatable bonds is 23. The molecular weight excluding hydrogens is 1910 g/mol. The molecule has 0 unspecified atom stereocenters. The van der Waals surface area contributed by atoms with Gasteiger partial charge in [0.2, 0.25) is 23.8 Å². The van der Waals surface area contributed by atoms with Crippen LogP contribution in [0.1, 0.15) is 68.2 Å². The molecule has 18 rings (SSSR count). The Balaban J connectivity index is 0.000000160. The Kier molecular flexibility index (Phi) is 37.8. The van der Waals surface area contributed by atoms with E-state index in [0.29, 0.717) is 67.5 Å². The van der Waals surface area contributed by atoms with Crippen LogP contribution in [0.15, 0.2) is 203 Å². The van der Waals surface area contributed by atoms with Gasteiger partial charge < -0.3 is 65.7 Å². The van der Waals surface area contributed by atoms with Gasteiger partial charge in [-0.2, -0.15) is 0 Å². The minimum absolute atomic E-state index is 0. The Morgan fingerprint density at radius 3 is 1.07 bits per heavy atom. The first-order valence-corrected chi connectivity index (χ1v) is 45.2. The van der Waals surface area contributed by atoms with Gasteiger partial charge in [-0.1, -0.05) is 85.7 Å². The van der Waals surface area contributed by atoms with Gasteiger partial charge in [0.15, 0.2) is 0 Å². The van der Waals surface area contributed by atoms with Crippen LogP contribution in [-0.4, -0.2) is 198 Å². The third kappa shape index (κ3) is 28.6. The summed E-state index contributed by atoms with van der Waals surface area (Å²) in [7, 11) is 3.19. The SMILES string of the molecule is Brc1ccc(OCCN2CCCC2)cc1.C.COc1ccc(Cl)c(-c2cc(C)c3nc(N)nnc3c2)c1.COc1ccc(Cl)c(-c2cc(C)c3nc(Nc4ccc(OCCN5CCCC5)cc4)nnc3c2)c1.COc1ccc(Cl)c(B(O)O)c1.Cc1cc(-c2cc(O)ccc2Cl)cc2nnc(Nc3ccc(OCCN4CCCC4)cc3)nc12.Cc1cc(Br)cc2nnc(N)nc12.Cl. The molecule has 7 heterocycles. The Morgan fingerprint density at radius 2 is 0.689 bits per heavy atom. The van der Waals surface area contributed by atoms with E-state index in [9.17, 15) is 5.11 Å². The van der Waals surface area contributed by atoms with Crippen LogP contribution in [0.5, 0.6) is 40.2 Å². The van der Waals surface area contributed by atoms with E-state index in [0.717, 1.165) is 159 Å². The lowest BCUT2D eigenvalue weighted by atomic mass is 9.80. The maximum absolute atomic E-state index is 9.85. The lowest BCUT2D eigenvalue weighted by molar-refractivity contribution is 0.237. The monoisotopic (exact) mass is 2010 g/mol. The summed E-state index contributed by atoms with van der Waals surface area (Å²) in [4.78, 5) is 25.0. The summed E-state index contributed by atoms with van der Waals surface area (Å²) in [5, 5.41) is 68.9. The van der Waals surface area contributed by atoms with E-state index < -0.39 is 7.12 Å². The Hall–Kier alpha value is -11.4. The number of hydrogen-bond donors (Lipinski definition) is 7. The maximum atomic E-state index is 9.85. The number of halogens is 7. The highest BCUT2D eigenvalue weighted by molar-refractivity contribution is 9.10. The van der Waals surface area contributed by atoms with Crippen LogP contribution >= 0.6 is 90.7 Å². The minimum atomic E-state index is -1.56.